The maximum atomic E-state index is 11.7. The lowest BCUT2D eigenvalue weighted by Gasteiger charge is -2.23. The van der Waals surface area contributed by atoms with Crippen molar-refractivity contribution in [2.24, 2.45) is 0 Å². The van der Waals surface area contributed by atoms with Crippen LogP contribution in [-0.4, -0.2) is 24.6 Å². The molecule has 0 spiro atoms. The fourth-order valence-electron chi connectivity index (χ4n) is 1.93. The molecule has 0 aromatic carbocycles. The zero-order chi connectivity index (χ0) is 14.5. The third-order valence-electron chi connectivity index (χ3n) is 2.98. The molecule has 6 heteroatoms. The number of hydrogen-bond acceptors (Lipinski definition) is 6. The van der Waals surface area contributed by atoms with E-state index in [0.717, 1.165) is 13.1 Å². The number of thiophene rings is 1. The van der Waals surface area contributed by atoms with Crippen LogP contribution >= 0.6 is 11.3 Å². The predicted octanol–water partition coefficient (Wildman–Crippen LogP) is 2.54. The number of ether oxygens (including phenoxy) is 1. The van der Waals surface area contributed by atoms with Crippen LogP contribution in [0.1, 0.15) is 22.2 Å². The van der Waals surface area contributed by atoms with Crippen LogP contribution in [0.25, 0.3) is 0 Å². The number of nitrogens with two attached hydrogens (primary N) is 1. The van der Waals surface area contributed by atoms with Gasteiger partial charge in [0, 0.05) is 17.6 Å². The number of methoxy groups -OCH3 is 1. The van der Waals surface area contributed by atoms with Crippen LogP contribution in [0.2, 0.25) is 0 Å². The Morgan fingerprint density at radius 3 is 2.90 bits per heavy atom. The summed E-state index contributed by atoms with van der Waals surface area (Å²) in [6, 6.07) is 5.65. The van der Waals surface area contributed by atoms with Crippen molar-refractivity contribution in [2.45, 2.75) is 13.5 Å². The van der Waals surface area contributed by atoms with E-state index in [1.165, 1.54) is 12.0 Å². The van der Waals surface area contributed by atoms with Gasteiger partial charge >= 0.3 is 5.97 Å². The highest BCUT2D eigenvalue weighted by Crippen LogP contribution is 2.26. The second kappa shape index (κ2) is 6.38. The Balaban J connectivity index is 2.32. The molecule has 2 heterocycles. The van der Waals surface area contributed by atoms with E-state index in [2.05, 4.69) is 11.1 Å². The minimum absolute atomic E-state index is 0.349. The molecule has 2 N–H and O–H groups in total. The first kappa shape index (κ1) is 14.3. The number of esters is 1. The van der Waals surface area contributed by atoms with Crippen molar-refractivity contribution in [2.75, 3.05) is 24.3 Å². The van der Waals surface area contributed by atoms with E-state index in [0.29, 0.717) is 17.1 Å². The maximum absolute atomic E-state index is 11.7. The van der Waals surface area contributed by atoms with Crippen LogP contribution in [0.15, 0.2) is 29.8 Å². The summed E-state index contributed by atoms with van der Waals surface area (Å²) >= 11 is 1.68. The number of rotatable bonds is 5. The molecule has 0 amide bonds. The number of aromatic nitrogens is 1. The number of nitrogen functional groups attached to an aromatic ring is 1. The SMILES string of the molecule is CCN(Cc1cccs1)c1nccc(C(=O)OC)c1N. The molecule has 0 aliphatic rings. The van der Waals surface area contributed by atoms with Gasteiger partial charge in [0.05, 0.1) is 24.9 Å². The number of hydrogen-bond donors (Lipinski definition) is 1. The second-order valence-corrected chi connectivity index (χ2v) is 5.21. The molecule has 2 aromatic rings. The summed E-state index contributed by atoms with van der Waals surface area (Å²) in [5.41, 5.74) is 6.77. The van der Waals surface area contributed by atoms with E-state index < -0.39 is 5.97 Å². The molecule has 0 radical (unpaired) electrons. The van der Waals surface area contributed by atoms with Gasteiger partial charge in [0.2, 0.25) is 0 Å². The van der Waals surface area contributed by atoms with E-state index in [9.17, 15) is 4.79 Å². The first-order chi connectivity index (χ1) is 9.67. The molecule has 2 aromatic heterocycles. The summed E-state index contributed by atoms with van der Waals surface area (Å²) in [5, 5.41) is 2.03. The predicted molar refractivity (Wildman–Crippen MR) is 81.0 cm³/mol. The normalized spacial score (nSPS) is 10.3. The zero-order valence-electron chi connectivity index (χ0n) is 11.5. The monoisotopic (exact) mass is 291 g/mol. The third kappa shape index (κ3) is 2.91. The van der Waals surface area contributed by atoms with Crippen molar-refractivity contribution in [1.29, 1.82) is 0 Å². The largest absolute Gasteiger partial charge is 0.465 e. The molecule has 0 fully saturated rings. The van der Waals surface area contributed by atoms with Crippen LogP contribution in [-0.2, 0) is 11.3 Å². The van der Waals surface area contributed by atoms with Gasteiger partial charge in [-0.2, -0.15) is 0 Å². The van der Waals surface area contributed by atoms with Gasteiger partial charge in [0.25, 0.3) is 0 Å². The maximum Gasteiger partial charge on any atom is 0.340 e. The summed E-state index contributed by atoms with van der Waals surface area (Å²) in [7, 11) is 1.34. The van der Waals surface area contributed by atoms with Crippen molar-refractivity contribution in [3.63, 3.8) is 0 Å². The molecule has 5 nitrogen and oxygen atoms in total. The second-order valence-electron chi connectivity index (χ2n) is 4.18. The minimum Gasteiger partial charge on any atom is -0.465 e. The fraction of sp³-hybridized carbons (Fsp3) is 0.286. The minimum atomic E-state index is -0.446. The van der Waals surface area contributed by atoms with Gasteiger partial charge in [-0.3, -0.25) is 0 Å². The smallest absolute Gasteiger partial charge is 0.340 e. The molecule has 106 valence electrons. The Labute approximate surface area is 122 Å². The quantitative estimate of drug-likeness (QED) is 0.857. The summed E-state index contributed by atoms with van der Waals surface area (Å²) in [4.78, 5) is 19.2. The summed E-state index contributed by atoms with van der Waals surface area (Å²) < 4.78 is 4.73. The summed E-state index contributed by atoms with van der Waals surface area (Å²) in [5.74, 6) is 0.169. The van der Waals surface area contributed by atoms with Crippen molar-refractivity contribution in [1.82, 2.24) is 4.98 Å². The lowest BCUT2D eigenvalue weighted by molar-refractivity contribution is 0.0602. The lowest BCUT2D eigenvalue weighted by Crippen LogP contribution is -2.24. The topological polar surface area (TPSA) is 68.5 Å². The molecule has 0 aliphatic heterocycles. The molecule has 0 bridgehead atoms. The molecule has 2 rings (SSSR count). The highest BCUT2D eigenvalue weighted by atomic mass is 32.1. The molecule has 0 saturated heterocycles. The fourth-order valence-corrected chi connectivity index (χ4v) is 2.65. The zero-order valence-corrected chi connectivity index (χ0v) is 12.3. The van der Waals surface area contributed by atoms with E-state index in [1.807, 2.05) is 23.3 Å². The van der Waals surface area contributed by atoms with Crippen molar-refractivity contribution in [3.8, 4) is 0 Å². The summed E-state index contributed by atoms with van der Waals surface area (Å²) in [6.45, 7) is 3.50. The first-order valence-electron chi connectivity index (χ1n) is 6.27. The first-order valence-corrected chi connectivity index (χ1v) is 7.15. The molecular weight excluding hydrogens is 274 g/mol. The van der Waals surface area contributed by atoms with E-state index in [1.54, 1.807) is 23.6 Å². The number of carbonyl (C=O) groups is 1. The Kier molecular flexibility index (Phi) is 4.57. The lowest BCUT2D eigenvalue weighted by atomic mass is 10.2. The van der Waals surface area contributed by atoms with Gasteiger partial charge in [-0.05, 0) is 24.4 Å². The van der Waals surface area contributed by atoms with Gasteiger partial charge in [-0.1, -0.05) is 6.07 Å². The highest BCUT2D eigenvalue weighted by Gasteiger charge is 2.17. The van der Waals surface area contributed by atoms with Gasteiger partial charge in [0.1, 0.15) is 0 Å². The molecule has 0 atom stereocenters. The van der Waals surface area contributed by atoms with Gasteiger partial charge in [0.15, 0.2) is 5.82 Å². The van der Waals surface area contributed by atoms with E-state index in [4.69, 9.17) is 10.5 Å². The third-order valence-corrected chi connectivity index (χ3v) is 3.84. The van der Waals surface area contributed by atoms with Crippen molar-refractivity contribution >= 4 is 28.8 Å². The summed E-state index contributed by atoms with van der Waals surface area (Å²) in [6.07, 6.45) is 1.58. The highest BCUT2D eigenvalue weighted by molar-refractivity contribution is 7.09. The molecule has 20 heavy (non-hydrogen) atoms. The van der Waals surface area contributed by atoms with Crippen LogP contribution in [0.4, 0.5) is 11.5 Å². The van der Waals surface area contributed by atoms with Gasteiger partial charge in [-0.25, -0.2) is 9.78 Å². The van der Waals surface area contributed by atoms with Crippen molar-refractivity contribution < 1.29 is 9.53 Å². The number of carbonyl (C=O) groups excluding carboxylic acids is 1. The van der Waals surface area contributed by atoms with Crippen molar-refractivity contribution in [3.05, 3.63) is 40.2 Å². The van der Waals surface area contributed by atoms with E-state index in [-0.39, 0.29) is 0 Å². The van der Waals surface area contributed by atoms with Crippen LogP contribution in [0.5, 0.6) is 0 Å². The van der Waals surface area contributed by atoms with Gasteiger partial charge in [-0.15, -0.1) is 11.3 Å². The molecule has 0 aliphatic carbocycles. The number of pyridine rings is 1. The van der Waals surface area contributed by atoms with Gasteiger partial charge < -0.3 is 15.4 Å². The Hall–Kier alpha value is -2.08. The Bertz CT molecular complexity index is 584. The number of anilines is 2. The van der Waals surface area contributed by atoms with Crippen LogP contribution in [0.3, 0.4) is 0 Å². The Morgan fingerprint density at radius 1 is 1.50 bits per heavy atom. The Morgan fingerprint density at radius 2 is 2.30 bits per heavy atom. The molecule has 0 unspecified atom stereocenters. The van der Waals surface area contributed by atoms with E-state index >= 15 is 0 Å². The van der Waals surface area contributed by atoms with Crippen LogP contribution < -0.4 is 10.6 Å². The average Bonchev–Trinajstić information content (AvgIpc) is 2.97. The molecule has 0 saturated carbocycles. The molecular formula is C14H17N3O2S. The average molecular weight is 291 g/mol. The van der Waals surface area contributed by atoms with Crippen LogP contribution in [0, 0.1) is 0 Å². The standard InChI is InChI=1S/C14H17N3O2S/c1-3-17(9-10-5-4-8-20-10)13-12(15)11(6-7-16-13)14(18)19-2/h4-8H,3,9,15H2,1-2H3. The number of nitrogens with zero attached hydrogens (tertiary/aromatic N) is 2.